The molecule has 0 fully saturated rings. The van der Waals surface area contributed by atoms with E-state index in [2.05, 4.69) is 236 Å². The van der Waals surface area contributed by atoms with Crippen LogP contribution < -0.4 is 9.80 Å². The molecule has 0 radical (unpaired) electrons. The number of para-hydroxylation sites is 1. The molecule has 0 unspecified atom stereocenters. The number of furan rings is 2. The zero-order chi connectivity index (χ0) is 42.7. The molecule has 0 N–H and O–H groups in total. The van der Waals surface area contributed by atoms with Gasteiger partial charge in [0.1, 0.15) is 16.7 Å². The summed E-state index contributed by atoms with van der Waals surface area (Å²) in [6.45, 7) is 4.26. The van der Waals surface area contributed by atoms with Gasteiger partial charge in [0.15, 0.2) is 5.58 Å². The highest BCUT2D eigenvalue weighted by atomic mass is 16.3. The van der Waals surface area contributed by atoms with E-state index in [1.807, 2.05) is 6.07 Å². The molecule has 0 aliphatic carbocycles. The fourth-order valence-electron chi connectivity index (χ4n) is 9.44. The van der Waals surface area contributed by atoms with Gasteiger partial charge in [0.25, 0.3) is 0 Å². The molecule has 64 heavy (non-hydrogen) atoms. The van der Waals surface area contributed by atoms with Crippen molar-refractivity contribution in [1.29, 1.82) is 0 Å². The molecule has 4 nitrogen and oxygen atoms in total. The van der Waals surface area contributed by atoms with Gasteiger partial charge in [-0.3, -0.25) is 0 Å². The first-order chi connectivity index (χ1) is 31.6. The van der Waals surface area contributed by atoms with Crippen LogP contribution in [-0.2, 0) is 0 Å². The summed E-state index contributed by atoms with van der Waals surface area (Å²) < 4.78 is 14.2. The summed E-state index contributed by atoms with van der Waals surface area (Å²) in [6, 6.07) is 77.7. The van der Waals surface area contributed by atoms with Crippen LogP contribution in [0, 0.1) is 13.8 Å². The first-order valence-corrected chi connectivity index (χ1v) is 21.8. The van der Waals surface area contributed by atoms with Crippen molar-refractivity contribution in [2.45, 2.75) is 13.8 Å². The number of benzene rings is 10. The topological polar surface area (TPSA) is 32.8 Å². The van der Waals surface area contributed by atoms with Gasteiger partial charge in [0.2, 0.25) is 0 Å². The van der Waals surface area contributed by atoms with Gasteiger partial charge < -0.3 is 18.6 Å². The van der Waals surface area contributed by atoms with Crippen molar-refractivity contribution in [1.82, 2.24) is 0 Å². The first-order valence-electron chi connectivity index (χ1n) is 21.8. The third-order valence-corrected chi connectivity index (χ3v) is 12.6. The molecule has 12 aromatic rings. The highest BCUT2D eigenvalue weighted by Gasteiger charge is 2.27. The molecule has 12 rings (SSSR count). The summed E-state index contributed by atoms with van der Waals surface area (Å²) in [4.78, 5) is 4.66. The van der Waals surface area contributed by atoms with Crippen LogP contribution in [0.1, 0.15) is 11.1 Å². The first kappa shape index (κ1) is 37.4. The highest BCUT2D eigenvalue weighted by molar-refractivity contribution is 6.33. The van der Waals surface area contributed by atoms with Gasteiger partial charge in [-0.05, 0) is 96.1 Å². The molecule has 0 bridgehead atoms. The number of rotatable bonds is 8. The average molecular weight is 823 g/mol. The Labute approximate surface area is 371 Å². The van der Waals surface area contributed by atoms with Crippen LogP contribution in [0.2, 0.25) is 0 Å². The maximum atomic E-state index is 7.21. The Morgan fingerprint density at radius 1 is 0.297 bits per heavy atom. The predicted molar refractivity (Wildman–Crippen MR) is 268 cm³/mol. The molecule has 304 valence electrons. The van der Waals surface area contributed by atoms with Crippen molar-refractivity contribution >= 4 is 88.8 Å². The van der Waals surface area contributed by atoms with Gasteiger partial charge >= 0.3 is 0 Å². The van der Waals surface area contributed by atoms with Crippen molar-refractivity contribution in [3.05, 3.63) is 230 Å². The fourth-order valence-corrected chi connectivity index (χ4v) is 9.44. The minimum absolute atomic E-state index is 0.790. The Bertz CT molecular complexity index is 3650. The molecule has 0 spiro atoms. The zero-order valence-electron chi connectivity index (χ0n) is 35.5. The lowest BCUT2D eigenvalue weighted by Gasteiger charge is -2.27. The van der Waals surface area contributed by atoms with Crippen LogP contribution >= 0.6 is 0 Å². The van der Waals surface area contributed by atoms with Crippen LogP contribution in [0.25, 0.3) is 76.9 Å². The summed E-state index contributed by atoms with van der Waals surface area (Å²) in [7, 11) is 0. The minimum atomic E-state index is 0.790. The molecule has 0 aliphatic rings. The molecule has 0 atom stereocenters. The lowest BCUT2D eigenvalue weighted by atomic mass is 9.97. The maximum absolute atomic E-state index is 7.21. The summed E-state index contributed by atoms with van der Waals surface area (Å²) in [5.74, 6) is 0. The highest BCUT2D eigenvalue weighted by Crippen LogP contribution is 2.51. The smallest absolute Gasteiger partial charge is 0.160 e. The van der Waals surface area contributed by atoms with Crippen LogP contribution in [0.4, 0.5) is 34.1 Å². The predicted octanol–water partition coefficient (Wildman–Crippen LogP) is 17.5. The van der Waals surface area contributed by atoms with E-state index in [0.29, 0.717) is 0 Å². The van der Waals surface area contributed by atoms with Gasteiger partial charge in [-0.15, -0.1) is 0 Å². The van der Waals surface area contributed by atoms with E-state index in [-0.39, 0.29) is 0 Å². The monoisotopic (exact) mass is 822 g/mol. The van der Waals surface area contributed by atoms with Gasteiger partial charge in [0.05, 0.1) is 11.4 Å². The van der Waals surface area contributed by atoms with Gasteiger partial charge in [-0.1, -0.05) is 163 Å². The number of nitrogens with zero attached hydrogens (tertiary/aromatic N) is 2. The number of anilines is 6. The SMILES string of the molecule is Cc1ccc(N(c2ccc(-c3ccccc3)cc2)c2cc3oc4cc(N(c5ccc(C)cc5)c5ccc(-c6ccccc6)cc5)c5oc6ccccc6c5c4c3c3ccccc23)cc1. The van der Waals surface area contributed by atoms with Crippen molar-refractivity contribution < 1.29 is 8.83 Å². The number of aryl methyl sites for hydroxylation is 2. The van der Waals surface area contributed by atoms with Crippen molar-refractivity contribution in [3.63, 3.8) is 0 Å². The largest absolute Gasteiger partial charge is 0.456 e. The van der Waals surface area contributed by atoms with Gasteiger partial charge in [-0.25, -0.2) is 0 Å². The lowest BCUT2D eigenvalue weighted by molar-refractivity contribution is 0.663. The van der Waals surface area contributed by atoms with Crippen LogP contribution in [0.5, 0.6) is 0 Å². The summed E-state index contributed by atoms with van der Waals surface area (Å²) in [5, 5.41) is 6.41. The van der Waals surface area contributed by atoms with Crippen molar-refractivity contribution in [3.8, 4) is 22.3 Å². The normalized spacial score (nSPS) is 11.6. The Morgan fingerprint density at radius 3 is 1.25 bits per heavy atom. The lowest BCUT2D eigenvalue weighted by Crippen LogP contribution is -2.10. The second-order valence-corrected chi connectivity index (χ2v) is 16.7. The van der Waals surface area contributed by atoms with E-state index in [9.17, 15) is 0 Å². The summed E-state index contributed by atoms with van der Waals surface area (Å²) in [6.07, 6.45) is 0. The van der Waals surface area contributed by atoms with E-state index in [0.717, 1.165) is 94.3 Å². The Kier molecular flexibility index (Phi) is 8.91. The average Bonchev–Trinajstić information content (AvgIpc) is 3.92. The molecule has 2 heterocycles. The van der Waals surface area contributed by atoms with Crippen LogP contribution in [0.3, 0.4) is 0 Å². The third-order valence-electron chi connectivity index (χ3n) is 12.6. The maximum Gasteiger partial charge on any atom is 0.160 e. The quantitative estimate of drug-likeness (QED) is 0.153. The minimum Gasteiger partial charge on any atom is -0.456 e. The number of hydrogen-bond acceptors (Lipinski definition) is 4. The third kappa shape index (κ3) is 6.30. The molecular formula is C60H42N2O2. The molecule has 0 aliphatic heterocycles. The Balaban J connectivity index is 1.12. The second kappa shape index (κ2) is 15.2. The zero-order valence-corrected chi connectivity index (χ0v) is 35.5. The van der Waals surface area contributed by atoms with Crippen LogP contribution in [0.15, 0.2) is 227 Å². The van der Waals surface area contributed by atoms with Crippen LogP contribution in [-0.4, -0.2) is 0 Å². The van der Waals surface area contributed by atoms with Gasteiger partial charge in [0, 0.05) is 61.8 Å². The molecule has 4 heteroatoms. The fraction of sp³-hybridized carbons (Fsp3) is 0.0333. The van der Waals surface area contributed by atoms with E-state index in [1.54, 1.807) is 0 Å². The van der Waals surface area contributed by atoms with Gasteiger partial charge in [-0.2, -0.15) is 0 Å². The van der Waals surface area contributed by atoms with Crippen molar-refractivity contribution in [2.75, 3.05) is 9.80 Å². The van der Waals surface area contributed by atoms with E-state index < -0.39 is 0 Å². The molecule has 10 aromatic carbocycles. The van der Waals surface area contributed by atoms with E-state index in [4.69, 9.17) is 8.83 Å². The summed E-state index contributed by atoms with van der Waals surface area (Å²) in [5.41, 5.74) is 16.4. The number of hydrogen-bond donors (Lipinski definition) is 0. The molecule has 2 aromatic heterocycles. The molecule has 0 amide bonds. The molecule has 0 saturated heterocycles. The van der Waals surface area contributed by atoms with E-state index >= 15 is 0 Å². The standard InChI is InChI=1S/C60H42N2O2/c1-39-21-29-45(30-22-39)61(47-33-25-43(26-34-47)41-13-5-3-6-14-41)52-37-55-57(50-18-10-9-17-49(50)52)59-56(63-55)38-53(60-58(59)51-19-11-12-20-54(51)64-60)62(46-31-23-40(2)24-32-46)48-35-27-44(28-36-48)42-15-7-4-8-16-42/h3-38H,1-2H3. The van der Waals surface area contributed by atoms with E-state index in [1.165, 1.54) is 27.8 Å². The molecule has 0 saturated carbocycles. The second-order valence-electron chi connectivity index (χ2n) is 16.7. The Hall–Kier alpha value is -8.34. The Morgan fingerprint density at radius 2 is 0.703 bits per heavy atom. The number of fused-ring (bicyclic) bond motifs is 9. The molecular weight excluding hydrogens is 781 g/mol. The summed E-state index contributed by atoms with van der Waals surface area (Å²) >= 11 is 0. The van der Waals surface area contributed by atoms with Crippen molar-refractivity contribution in [2.24, 2.45) is 0 Å².